The fourth-order valence-electron chi connectivity index (χ4n) is 7.09. The summed E-state index contributed by atoms with van der Waals surface area (Å²) in [6, 6.07) is 5.49. The number of fused-ring (bicyclic) bond motifs is 2. The van der Waals surface area contributed by atoms with Crippen LogP contribution in [-0.4, -0.2) is 87.3 Å². The Morgan fingerprint density at radius 3 is 1.72 bits per heavy atom. The number of rotatable bonds is 11. The molecule has 2 aliphatic carbocycles. The maximum absolute atomic E-state index is 14.1. The van der Waals surface area contributed by atoms with Gasteiger partial charge in [-0.2, -0.15) is 21.6 Å². The number of hydrogen-bond donors (Lipinski definition) is 0. The van der Waals surface area contributed by atoms with Crippen molar-refractivity contribution in [3.05, 3.63) is 52.6 Å². The van der Waals surface area contributed by atoms with E-state index in [9.17, 15) is 35.2 Å². The van der Waals surface area contributed by atoms with Gasteiger partial charge in [-0.05, 0) is 88.7 Å². The highest BCUT2D eigenvalue weighted by Crippen LogP contribution is 2.40. The summed E-state index contributed by atoms with van der Waals surface area (Å²) < 4.78 is 109. The topological polar surface area (TPSA) is 94.6 Å². The fourth-order valence-corrected chi connectivity index (χ4v) is 7.57. The van der Waals surface area contributed by atoms with Gasteiger partial charge in [0, 0.05) is 35.3 Å². The Bertz CT molecular complexity index is 1620. The third-order valence-corrected chi connectivity index (χ3v) is 10.9. The average Bonchev–Trinajstić information content (AvgIpc) is 3.03. The Balaban J connectivity index is 0.000000197. The van der Waals surface area contributed by atoms with Crippen LogP contribution in [0, 0.1) is 11.6 Å². The smallest absolute Gasteiger partial charge is 0.489 e. The van der Waals surface area contributed by atoms with E-state index in [4.69, 9.17) is 14.2 Å². The zero-order valence-corrected chi connectivity index (χ0v) is 29.4. The molecule has 4 aliphatic rings. The molecule has 2 atom stereocenters. The van der Waals surface area contributed by atoms with Crippen molar-refractivity contribution < 1.29 is 53.6 Å². The number of benzene rings is 2. The number of carbonyl (C=O) groups excluding carboxylic acids is 1. The van der Waals surface area contributed by atoms with Crippen molar-refractivity contribution in [2.24, 2.45) is 0 Å². The van der Waals surface area contributed by atoms with Crippen molar-refractivity contribution in [2.75, 3.05) is 33.4 Å². The molecule has 0 unspecified atom stereocenters. The number of esters is 1. The summed E-state index contributed by atoms with van der Waals surface area (Å²) in [6.45, 7) is 6.65. The summed E-state index contributed by atoms with van der Waals surface area (Å²) in [5.41, 5.74) is -4.49. The van der Waals surface area contributed by atoms with Gasteiger partial charge in [-0.25, -0.2) is 13.6 Å². The van der Waals surface area contributed by atoms with E-state index in [1.807, 2.05) is 6.92 Å². The van der Waals surface area contributed by atoms with Crippen molar-refractivity contribution in [1.29, 1.82) is 0 Å². The fraction of sp³-hybridized carbons (Fsp3) is 0.629. The van der Waals surface area contributed by atoms with Crippen LogP contribution < -0.4 is 13.7 Å². The minimum absolute atomic E-state index is 0.0134. The SMILES string of the molecule is CCCN(C1CCC1)[C@H]1COc2c(F)ccc(C(=O)OC)c2C1.CCCN(C1CCC1)[C@H]1COc2c(F)ccc(OS(=O)(=O)C(F)(F)F)c2C1. The predicted molar refractivity (Wildman–Crippen MR) is 175 cm³/mol. The van der Waals surface area contributed by atoms with Gasteiger partial charge in [-0.3, -0.25) is 9.80 Å². The largest absolute Gasteiger partial charge is 0.534 e. The molecule has 6 rings (SSSR count). The monoisotopic (exact) mass is 732 g/mol. The number of alkyl halides is 3. The molecule has 0 saturated heterocycles. The van der Waals surface area contributed by atoms with Gasteiger partial charge in [-0.1, -0.05) is 26.7 Å². The summed E-state index contributed by atoms with van der Waals surface area (Å²) in [4.78, 5) is 16.7. The first-order valence-electron chi connectivity index (χ1n) is 17.3. The van der Waals surface area contributed by atoms with Crippen molar-refractivity contribution in [1.82, 2.24) is 9.80 Å². The normalized spacial score (nSPS) is 20.7. The van der Waals surface area contributed by atoms with Crippen LogP contribution in [0.2, 0.25) is 0 Å². The lowest BCUT2D eigenvalue weighted by Crippen LogP contribution is -2.51. The molecule has 2 aromatic carbocycles. The van der Waals surface area contributed by atoms with Crippen LogP contribution in [0.3, 0.4) is 0 Å². The van der Waals surface area contributed by atoms with Gasteiger partial charge in [0.05, 0.1) is 12.7 Å². The molecule has 2 saturated carbocycles. The van der Waals surface area contributed by atoms with Crippen molar-refractivity contribution >= 4 is 16.1 Å². The average molecular weight is 733 g/mol. The van der Waals surface area contributed by atoms with Crippen LogP contribution in [0.4, 0.5) is 22.0 Å². The van der Waals surface area contributed by atoms with E-state index in [1.54, 1.807) is 0 Å². The van der Waals surface area contributed by atoms with Gasteiger partial charge in [0.2, 0.25) is 0 Å². The van der Waals surface area contributed by atoms with Crippen LogP contribution in [0.1, 0.15) is 86.7 Å². The predicted octanol–water partition coefficient (Wildman–Crippen LogP) is 6.80. The van der Waals surface area contributed by atoms with E-state index in [0.29, 0.717) is 36.2 Å². The maximum atomic E-state index is 14.1. The van der Waals surface area contributed by atoms with Crippen LogP contribution >= 0.6 is 0 Å². The molecular weight excluding hydrogens is 687 g/mol. The molecular formula is C35H45F5N2O7S. The van der Waals surface area contributed by atoms with Gasteiger partial charge >= 0.3 is 21.6 Å². The van der Waals surface area contributed by atoms with Crippen molar-refractivity contribution in [3.8, 4) is 17.2 Å². The van der Waals surface area contributed by atoms with Crippen LogP contribution in [0.25, 0.3) is 0 Å². The lowest BCUT2D eigenvalue weighted by atomic mass is 9.88. The van der Waals surface area contributed by atoms with Crippen LogP contribution in [0.5, 0.6) is 17.2 Å². The number of carbonyl (C=O) groups is 1. The lowest BCUT2D eigenvalue weighted by Gasteiger charge is -2.44. The highest BCUT2D eigenvalue weighted by Gasteiger charge is 2.49. The van der Waals surface area contributed by atoms with E-state index < -0.39 is 39.0 Å². The van der Waals surface area contributed by atoms with E-state index in [0.717, 1.165) is 57.3 Å². The van der Waals surface area contributed by atoms with E-state index in [1.165, 1.54) is 38.5 Å². The second kappa shape index (κ2) is 16.0. The first kappa shape index (κ1) is 38.1. The van der Waals surface area contributed by atoms with Gasteiger partial charge in [0.15, 0.2) is 23.1 Å². The number of ether oxygens (including phenoxy) is 3. The Labute approximate surface area is 290 Å². The highest BCUT2D eigenvalue weighted by molar-refractivity contribution is 7.88. The molecule has 2 aromatic rings. The zero-order chi connectivity index (χ0) is 36.2. The number of hydrogen-bond acceptors (Lipinski definition) is 9. The number of halogens is 5. The summed E-state index contributed by atoms with van der Waals surface area (Å²) in [7, 11) is -4.50. The minimum Gasteiger partial charge on any atom is -0.489 e. The molecule has 0 spiro atoms. The summed E-state index contributed by atoms with van der Waals surface area (Å²) >= 11 is 0. The van der Waals surface area contributed by atoms with Crippen LogP contribution in [0.15, 0.2) is 24.3 Å². The van der Waals surface area contributed by atoms with E-state index >= 15 is 0 Å². The Hall–Kier alpha value is -3.17. The molecule has 278 valence electrons. The highest BCUT2D eigenvalue weighted by atomic mass is 32.2. The maximum Gasteiger partial charge on any atom is 0.534 e. The first-order valence-corrected chi connectivity index (χ1v) is 18.7. The lowest BCUT2D eigenvalue weighted by molar-refractivity contribution is -0.0500. The van der Waals surface area contributed by atoms with Crippen molar-refractivity contribution in [2.45, 2.75) is 108 Å². The van der Waals surface area contributed by atoms with Gasteiger partial charge in [-0.15, -0.1) is 0 Å². The molecule has 0 N–H and O–H groups in total. The summed E-state index contributed by atoms with van der Waals surface area (Å²) in [5.74, 6) is -2.17. The first-order chi connectivity index (χ1) is 23.8. The Morgan fingerprint density at radius 1 is 0.800 bits per heavy atom. The third kappa shape index (κ3) is 8.14. The molecule has 0 bridgehead atoms. The summed E-state index contributed by atoms with van der Waals surface area (Å²) in [5, 5.41) is 0. The summed E-state index contributed by atoms with van der Waals surface area (Å²) in [6.07, 6.45) is 9.63. The van der Waals surface area contributed by atoms with Gasteiger partial charge in [0.1, 0.15) is 19.0 Å². The molecule has 0 radical (unpaired) electrons. The Kier molecular flexibility index (Phi) is 12.2. The Morgan fingerprint density at radius 2 is 1.28 bits per heavy atom. The number of nitrogens with zero attached hydrogens (tertiary/aromatic N) is 2. The van der Waals surface area contributed by atoms with E-state index in [-0.39, 0.29) is 42.2 Å². The van der Waals surface area contributed by atoms with Crippen molar-refractivity contribution in [3.63, 3.8) is 0 Å². The molecule has 2 aliphatic heterocycles. The molecule has 50 heavy (non-hydrogen) atoms. The standard InChI is InChI=1S/C18H24FNO3.C17H21F4NO4S/c1-3-9-20(12-5-4-6-12)13-10-15-14(18(21)22-2)7-8-16(19)17(15)23-11-13;1-2-8-22(11-4-3-5-11)12-9-13-15(26-27(23,24)17(19,20)21)7-6-14(18)16(13)25-10-12/h7-8,12-13H,3-6,9-11H2,1-2H3;6-7,11-12H,2-5,8-10H2,1H3/t13-;12-/m11/s1. The van der Waals surface area contributed by atoms with Gasteiger partial charge in [0.25, 0.3) is 0 Å². The van der Waals surface area contributed by atoms with Crippen LogP contribution in [-0.2, 0) is 27.7 Å². The second-order valence-electron chi connectivity index (χ2n) is 13.2. The molecule has 2 heterocycles. The zero-order valence-electron chi connectivity index (χ0n) is 28.6. The second-order valence-corrected chi connectivity index (χ2v) is 14.8. The molecule has 9 nitrogen and oxygen atoms in total. The molecule has 2 fully saturated rings. The van der Waals surface area contributed by atoms with E-state index in [2.05, 4.69) is 20.9 Å². The molecule has 0 amide bonds. The van der Waals surface area contributed by atoms with Gasteiger partial charge < -0.3 is 18.4 Å². The third-order valence-electron chi connectivity index (χ3n) is 9.98. The number of methoxy groups -OCH3 is 1. The quantitative estimate of drug-likeness (QED) is 0.107. The minimum atomic E-state index is -5.85. The molecule has 0 aromatic heterocycles. The molecule has 15 heteroatoms.